The van der Waals surface area contributed by atoms with Gasteiger partial charge in [-0.3, -0.25) is 9.20 Å². The Bertz CT molecular complexity index is 1200. The molecule has 7 heteroatoms. The Balaban J connectivity index is 1.21. The molecule has 2 heterocycles. The second kappa shape index (κ2) is 9.86. The molecule has 4 rings (SSSR count). The fraction of sp³-hybridized carbons (Fsp3) is 0.208. The van der Waals surface area contributed by atoms with Crippen LogP contribution in [-0.4, -0.2) is 20.1 Å². The molecule has 31 heavy (non-hydrogen) atoms. The quantitative estimate of drug-likeness (QED) is 0.455. The highest BCUT2D eigenvalue weighted by Crippen LogP contribution is 2.08. The van der Waals surface area contributed by atoms with Crippen LogP contribution in [0.2, 0.25) is 0 Å². The van der Waals surface area contributed by atoms with Crippen LogP contribution < -0.4 is 11.0 Å². The van der Waals surface area contributed by atoms with Crippen molar-refractivity contribution in [2.45, 2.75) is 32.7 Å². The van der Waals surface area contributed by atoms with Gasteiger partial charge in [-0.05, 0) is 28.8 Å². The molecule has 0 aliphatic heterocycles. The van der Waals surface area contributed by atoms with E-state index in [1.807, 2.05) is 60.7 Å². The number of nitrogens with one attached hydrogen (secondary N) is 1. The summed E-state index contributed by atoms with van der Waals surface area (Å²) in [6.45, 7) is 1.79. The van der Waals surface area contributed by atoms with Crippen molar-refractivity contribution in [2.75, 3.05) is 0 Å². The summed E-state index contributed by atoms with van der Waals surface area (Å²) in [5, 5.41) is 7.12. The largest absolute Gasteiger partial charge is 0.372 e. The van der Waals surface area contributed by atoms with Gasteiger partial charge < -0.3 is 10.1 Å². The average Bonchev–Trinajstić information content (AvgIpc) is 3.13. The van der Waals surface area contributed by atoms with Crippen LogP contribution in [0.4, 0.5) is 0 Å². The van der Waals surface area contributed by atoms with Crippen molar-refractivity contribution in [3.05, 3.63) is 106 Å². The number of benzene rings is 2. The maximum absolute atomic E-state index is 12.2. The first-order valence-corrected chi connectivity index (χ1v) is 10.2. The molecule has 7 nitrogen and oxygen atoms in total. The van der Waals surface area contributed by atoms with Crippen molar-refractivity contribution in [1.29, 1.82) is 0 Å². The first-order valence-electron chi connectivity index (χ1n) is 10.2. The highest BCUT2D eigenvalue weighted by Gasteiger charge is 2.08. The smallest absolute Gasteiger partial charge is 0.350 e. The second-order valence-corrected chi connectivity index (χ2v) is 7.26. The zero-order valence-corrected chi connectivity index (χ0v) is 17.1. The SMILES string of the molecule is O=C(CCn1nc2ccccn2c1=O)NCc1ccc(COCc2ccccc2)cc1. The van der Waals surface area contributed by atoms with E-state index in [0.29, 0.717) is 25.4 Å². The summed E-state index contributed by atoms with van der Waals surface area (Å²) in [4.78, 5) is 24.4. The summed E-state index contributed by atoms with van der Waals surface area (Å²) >= 11 is 0. The van der Waals surface area contributed by atoms with Crippen LogP contribution in [0.5, 0.6) is 0 Å². The lowest BCUT2D eigenvalue weighted by Gasteiger charge is -2.08. The molecule has 0 fully saturated rings. The first-order chi connectivity index (χ1) is 15.2. The third-order valence-electron chi connectivity index (χ3n) is 4.93. The van der Waals surface area contributed by atoms with Crippen LogP contribution in [0.25, 0.3) is 5.65 Å². The molecule has 0 unspecified atom stereocenters. The number of aromatic nitrogens is 3. The van der Waals surface area contributed by atoms with E-state index in [-0.39, 0.29) is 24.6 Å². The molecule has 1 amide bonds. The average molecular weight is 416 g/mol. The number of carbonyl (C=O) groups is 1. The van der Waals surface area contributed by atoms with E-state index >= 15 is 0 Å². The van der Waals surface area contributed by atoms with Gasteiger partial charge in [-0.15, -0.1) is 5.10 Å². The van der Waals surface area contributed by atoms with Gasteiger partial charge in [-0.1, -0.05) is 60.7 Å². The van der Waals surface area contributed by atoms with Crippen molar-refractivity contribution in [3.8, 4) is 0 Å². The van der Waals surface area contributed by atoms with Crippen LogP contribution in [-0.2, 0) is 35.8 Å². The van der Waals surface area contributed by atoms with Gasteiger partial charge in [0.05, 0.1) is 19.8 Å². The van der Waals surface area contributed by atoms with E-state index in [2.05, 4.69) is 10.4 Å². The number of ether oxygens (including phenoxy) is 1. The number of hydrogen-bond acceptors (Lipinski definition) is 4. The number of hydrogen-bond donors (Lipinski definition) is 1. The Labute approximate surface area is 179 Å². The van der Waals surface area contributed by atoms with Crippen molar-refractivity contribution in [1.82, 2.24) is 19.5 Å². The minimum Gasteiger partial charge on any atom is -0.372 e. The molecule has 0 aliphatic carbocycles. The molecule has 0 aliphatic rings. The van der Waals surface area contributed by atoms with Crippen LogP contribution in [0.1, 0.15) is 23.1 Å². The molecular weight excluding hydrogens is 392 g/mol. The number of amides is 1. The van der Waals surface area contributed by atoms with E-state index < -0.39 is 0 Å². The predicted octanol–water partition coefficient (Wildman–Crippen LogP) is 2.92. The van der Waals surface area contributed by atoms with Crippen molar-refractivity contribution >= 4 is 11.6 Å². The summed E-state index contributed by atoms with van der Waals surface area (Å²) in [6, 6.07) is 23.4. The molecule has 0 radical (unpaired) electrons. The molecule has 0 saturated heterocycles. The number of rotatable bonds is 9. The zero-order valence-electron chi connectivity index (χ0n) is 17.1. The molecule has 0 saturated carbocycles. The van der Waals surface area contributed by atoms with Gasteiger partial charge in [-0.25, -0.2) is 9.48 Å². The number of aryl methyl sites for hydroxylation is 1. The number of carbonyl (C=O) groups excluding carboxylic acids is 1. The summed E-state index contributed by atoms with van der Waals surface area (Å²) in [5.41, 5.74) is 3.56. The molecule has 158 valence electrons. The van der Waals surface area contributed by atoms with Gasteiger partial charge >= 0.3 is 5.69 Å². The second-order valence-electron chi connectivity index (χ2n) is 7.26. The van der Waals surface area contributed by atoms with E-state index in [1.54, 1.807) is 18.3 Å². The Hall–Kier alpha value is -3.71. The van der Waals surface area contributed by atoms with Crippen LogP contribution in [0.15, 0.2) is 83.8 Å². The monoisotopic (exact) mass is 416 g/mol. The van der Waals surface area contributed by atoms with Gasteiger partial charge in [-0.2, -0.15) is 0 Å². The minimum atomic E-state index is -0.242. The summed E-state index contributed by atoms with van der Waals surface area (Å²) < 4.78 is 8.52. The molecule has 0 spiro atoms. The molecular formula is C24H24N4O3. The zero-order chi connectivity index (χ0) is 21.5. The van der Waals surface area contributed by atoms with Gasteiger partial charge in [0, 0.05) is 19.2 Å². The summed E-state index contributed by atoms with van der Waals surface area (Å²) in [6.07, 6.45) is 1.85. The Kier molecular flexibility index (Phi) is 6.54. The van der Waals surface area contributed by atoms with Crippen LogP contribution in [0, 0.1) is 0 Å². The summed E-state index contributed by atoms with van der Waals surface area (Å²) in [7, 11) is 0. The topological polar surface area (TPSA) is 77.6 Å². The van der Waals surface area contributed by atoms with Gasteiger partial charge in [0.1, 0.15) is 0 Å². The lowest BCUT2D eigenvalue weighted by Crippen LogP contribution is -2.27. The third-order valence-corrected chi connectivity index (χ3v) is 4.93. The first kappa shape index (κ1) is 20.6. The maximum atomic E-state index is 12.2. The molecule has 2 aromatic heterocycles. The third kappa shape index (κ3) is 5.46. The maximum Gasteiger partial charge on any atom is 0.350 e. The summed E-state index contributed by atoms with van der Waals surface area (Å²) in [5.74, 6) is -0.126. The van der Waals surface area contributed by atoms with E-state index in [9.17, 15) is 9.59 Å². The number of nitrogens with zero attached hydrogens (tertiary/aromatic N) is 3. The lowest BCUT2D eigenvalue weighted by molar-refractivity contribution is -0.121. The molecule has 0 bridgehead atoms. The van der Waals surface area contributed by atoms with Crippen molar-refractivity contribution in [2.24, 2.45) is 0 Å². The number of pyridine rings is 1. The van der Waals surface area contributed by atoms with E-state index in [0.717, 1.165) is 16.7 Å². The van der Waals surface area contributed by atoms with Crippen LogP contribution >= 0.6 is 0 Å². The van der Waals surface area contributed by atoms with Crippen LogP contribution in [0.3, 0.4) is 0 Å². The van der Waals surface area contributed by atoms with Gasteiger partial charge in [0.15, 0.2) is 5.65 Å². The Morgan fingerprint density at radius 3 is 2.29 bits per heavy atom. The predicted molar refractivity (Wildman–Crippen MR) is 117 cm³/mol. The minimum absolute atomic E-state index is 0.126. The van der Waals surface area contributed by atoms with Crippen molar-refractivity contribution in [3.63, 3.8) is 0 Å². The van der Waals surface area contributed by atoms with Gasteiger partial charge in [0.25, 0.3) is 0 Å². The molecule has 4 aromatic rings. The standard InChI is InChI=1S/C24H24N4O3/c29-23(13-15-28-24(30)27-14-5-4-8-22(27)26-28)25-16-19-9-11-21(12-10-19)18-31-17-20-6-2-1-3-7-20/h1-12,14H,13,15-18H2,(H,25,29). The number of fused-ring (bicyclic) bond motifs is 1. The Morgan fingerprint density at radius 2 is 1.55 bits per heavy atom. The fourth-order valence-corrected chi connectivity index (χ4v) is 3.22. The highest BCUT2D eigenvalue weighted by molar-refractivity contribution is 5.75. The van der Waals surface area contributed by atoms with Crippen molar-refractivity contribution < 1.29 is 9.53 Å². The normalized spacial score (nSPS) is 11.0. The van der Waals surface area contributed by atoms with E-state index in [1.165, 1.54) is 9.08 Å². The highest BCUT2D eigenvalue weighted by atomic mass is 16.5. The molecule has 1 N–H and O–H groups in total. The van der Waals surface area contributed by atoms with Gasteiger partial charge in [0.2, 0.25) is 5.91 Å². The molecule has 0 atom stereocenters. The lowest BCUT2D eigenvalue weighted by atomic mass is 10.1. The Morgan fingerprint density at radius 1 is 0.871 bits per heavy atom. The fourth-order valence-electron chi connectivity index (χ4n) is 3.22. The van der Waals surface area contributed by atoms with E-state index in [4.69, 9.17) is 4.74 Å². The molecule has 2 aromatic carbocycles.